The first-order valence-electron chi connectivity index (χ1n) is 5.13. The third-order valence-corrected chi connectivity index (χ3v) is 1.87. The van der Waals surface area contributed by atoms with E-state index in [0.717, 1.165) is 19.3 Å². The minimum Gasteiger partial charge on any atom is -0.0845 e. The molecule has 0 amide bonds. The zero-order chi connectivity index (χ0) is 9.90. The molecule has 0 atom stereocenters. The van der Waals surface area contributed by atoms with Crippen LogP contribution >= 0.6 is 0 Å². The predicted octanol–water partition coefficient (Wildman–Crippen LogP) is 4.16. The van der Waals surface area contributed by atoms with Gasteiger partial charge in [-0.25, -0.2) is 0 Å². The lowest BCUT2D eigenvalue weighted by molar-refractivity contribution is 1.00. The molecule has 0 aromatic heterocycles. The minimum atomic E-state index is 1.00. The van der Waals surface area contributed by atoms with E-state index in [1.165, 1.54) is 0 Å². The van der Waals surface area contributed by atoms with Gasteiger partial charge in [-0.3, -0.25) is 0 Å². The van der Waals surface area contributed by atoms with Gasteiger partial charge in [0.05, 0.1) is 0 Å². The van der Waals surface area contributed by atoms with Crippen molar-refractivity contribution in [1.82, 2.24) is 0 Å². The molecule has 14 heavy (non-hydrogen) atoms. The molecule has 0 heterocycles. The van der Waals surface area contributed by atoms with Gasteiger partial charge in [0.1, 0.15) is 0 Å². The quantitative estimate of drug-likeness (QED) is 0.531. The average molecular weight is 185 g/mol. The van der Waals surface area contributed by atoms with Crippen molar-refractivity contribution in [2.75, 3.05) is 0 Å². The Morgan fingerprint density at radius 2 is 1.14 bits per heavy atom. The Morgan fingerprint density at radius 1 is 0.500 bits per heavy atom. The summed E-state index contributed by atoms with van der Waals surface area (Å²) in [7, 11) is 0. The molecule has 1 aliphatic carbocycles. The Balaban J connectivity index is 2.45. The molecular formula is C14H17. The second-order valence-corrected chi connectivity index (χ2v) is 3.10. The van der Waals surface area contributed by atoms with Crippen molar-refractivity contribution in [3.63, 3.8) is 0 Å². The lowest BCUT2D eigenvalue weighted by Gasteiger charge is -1.88. The molecule has 1 aliphatic rings. The number of rotatable bonds is 0. The lowest BCUT2D eigenvalue weighted by atomic mass is 10.2. The van der Waals surface area contributed by atoms with Gasteiger partial charge in [0.15, 0.2) is 0 Å². The molecule has 0 N–H and O–H groups in total. The zero-order valence-electron chi connectivity index (χ0n) is 8.47. The van der Waals surface area contributed by atoms with E-state index in [1.807, 2.05) is 0 Å². The average Bonchev–Trinajstić information content (AvgIpc) is 2.22. The fourth-order valence-corrected chi connectivity index (χ4v) is 1.13. The number of allylic oxidation sites excluding steroid dienone is 10. The van der Waals surface area contributed by atoms with Crippen molar-refractivity contribution in [1.29, 1.82) is 0 Å². The highest BCUT2D eigenvalue weighted by Gasteiger charge is 1.79. The van der Waals surface area contributed by atoms with Crippen LogP contribution in [0.2, 0.25) is 0 Å². The summed E-state index contributed by atoms with van der Waals surface area (Å²) in [5.74, 6) is 0. The minimum absolute atomic E-state index is 1.00. The Labute approximate surface area is 87.0 Å². The molecule has 0 nitrogen and oxygen atoms in total. The summed E-state index contributed by atoms with van der Waals surface area (Å²) in [6.07, 6.45) is 26.5. The zero-order valence-corrected chi connectivity index (χ0v) is 8.47. The van der Waals surface area contributed by atoms with Crippen LogP contribution in [0.3, 0.4) is 0 Å². The Hall–Kier alpha value is -1.30. The molecule has 0 aromatic rings. The highest BCUT2D eigenvalue weighted by atomic mass is 13.9. The molecule has 1 rings (SSSR count). The van der Waals surface area contributed by atoms with Crippen molar-refractivity contribution in [3.8, 4) is 0 Å². The molecule has 0 aliphatic heterocycles. The van der Waals surface area contributed by atoms with Crippen molar-refractivity contribution >= 4 is 0 Å². The van der Waals surface area contributed by atoms with Gasteiger partial charge in [0, 0.05) is 0 Å². The van der Waals surface area contributed by atoms with Crippen LogP contribution < -0.4 is 0 Å². The van der Waals surface area contributed by atoms with E-state index < -0.39 is 0 Å². The van der Waals surface area contributed by atoms with Gasteiger partial charge >= 0.3 is 0 Å². The Kier molecular flexibility index (Phi) is 6.39. The second-order valence-electron chi connectivity index (χ2n) is 3.10. The Bertz CT molecular complexity index is 262. The van der Waals surface area contributed by atoms with Crippen LogP contribution in [0.1, 0.15) is 19.3 Å². The van der Waals surface area contributed by atoms with E-state index in [9.17, 15) is 0 Å². The molecular weight excluding hydrogens is 168 g/mol. The van der Waals surface area contributed by atoms with Crippen LogP contribution in [-0.2, 0) is 0 Å². The van der Waals surface area contributed by atoms with Crippen molar-refractivity contribution in [2.24, 2.45) is 0 Å². The van der Waals surface area contributed by atoms with Gasteiger partial charge < -0.3 is 0 Å². The maximum Gasteiger partial charge on any atom is -0.0163 e. The lowest BCUT2D eigenvalue weighted by Crippen LogP contribution is -1.70. The molecule has 0 spiro atoms. The molecule has 1 radical (unpaired) electrons. The maximum absolute atomic E-state index is 2.20. The molecule has 0 bridgehead atoms. The van der Waals surface area contributed by atoms with Crippen LogP contribution in [0.4, 0.5) is 0 Å². The number of hydrogen-bond acceptors (Lipinski definition) is 0. The summed E-state index contributed by atoms with van der Waals surface area (Å²) in [5, 5.41) is 0. The molecule has 0 saturated carbocycles. The highest BCUT2D eigenvalue weighted by Crippen LogP contribution is 1.98. The first kappa shape index (κ1) is 10.8. The van der Waals surface area contributed by atoms with E-state index >= 15 is 0 Å². The Morgan fingerprint density at radius 3 is 2.07 bits per heavy atom. The summed E-state index contributed by atoms with van der Waals surface area (Å²) in [6, 6.07) is 0. The third kappa shape index (κ3) is 6.24. The highest BCUT2D eigenvalue weighted by molar-refractivity contribution is 5.15. The largest absolute Gasteiger partial charge is 0.0845 e. The molecule has 0 fully saturated rings. The molecule has 73 valence electrons. The fraction of sp³-hybridized carbons (Fsp3) is 0.214. The van der Waals surface area contributed by atoms with Gasteiger partial charge in [0.25, 0.3) is 0 Å². The maximum atomic E-state index is 2.20. The van der Waals surface area contributed by atoms with Crippen LogP contribution in [0.5, 0.6) is 0 Å². The topological polar surface area (TPSA) is 0 Å². The van der Waals surface area contributed by atoms with Crippen molar-refractivity contribution in [2.45, 2.75) is 19.3 Å². The molecule has 0 unspecified atom stereocenters. The first-order chi connectivity index (χ1) is 7.00. The smallest absolute Gasteiger partial charge is 0.0163 e. The molecule has 0 heteroatoms. The van der Waals surface area contributed by atoms with Gasteiger partial charge in [-0.2, -0.15) is 0 Å². The summed E-state index contributed by atoms with van der Waals surface area (Å²) in [4.78, 5) is 0. The van der Waals surface area contributed by atoms with E-state index in [1.54, 1.807) is 0 Å². The van der Waals surface area contributed by atoms with Crippen LogP contribution in [-0.4, -0.2) is 0 Å². The normalized spacial score (nSPS) is 29.7. The van der Waals surface area contributed by atoms with Crippen molar-refractivity contribution in [3.05, 3.63) is 67.2 Å². The van der Waals surface area contributed by atoms with Crippen molar-refractivity contribution < 1.29 is 0 Å². The fourth-order valence-electron chi connectivity index (χ4n) is 1.13. The van der Waals surface area contributed by atoms with Crippen LogP contribution in [0, 0.1) is 6.42 Å². The van der Waals surface area contributed by atoms with E-state index in [-0.39, 0.29) is 0 Å². The standard InChI is InChI=1S/C14H17/c1-2-4-6-8-10-12-14-13-11-9-7-5-3-1/h1-7,10,12-14H,8-9,11H2/b2-1-,5-3+,6-4+,12-10+,14-13-. The predicted molar refractivity (Wildman–Crippen MR) is 63.9 cm³/mol. The van der Waals surface area contributed by atoms with Gasteiger partial charge in [-0.05, 0) is 25.7 Å². The molecule has 0 saturated heterocycles. The summed E-state index contributed by atoms with van der Waals surface area (Å²) in [6.45, 7) is 0. The van der Waals surface area contributed by atoms with Gasteiger partial charge in [-0.1, -0.05) is 60.8 Å². The van der Waals surface area contributed by atoms with Gasteiger partial charge in [-0.15, -0.1) is 0 Å². The van der Waals surface area contributed by atoms with Crippen LogP contribution in [0.15, 0.2) is 60.8 Å². The summed E-state index contributed by atoms with van der Waals surface area (Å²) in [5.41, 5.74) is 0. The monoisotopic (exact) mass is 185 g/mol. The third-order valence-electron chi connectivity index (χ3n) is 1.87. The van der Waals surface area contributed by atoms with E-state index in [4.69, 9.17) is 0 Å². The SMILES string of the molecule is [CH]1/C=C/C=C\C=C\C/C=C/C=C\CC1. The molecule has 0 aromatic carbocycles. The van der Waals surface area contributed by atoms with Gasteiger partial charge in [0.2, 0.25) is 0 Å². The second kappa shape index (κ2) is 8.31. The van der Waals surface area contributed by atoms with E-state index in [0.29, 0.717) is 0 Å². The number of hydrogen-bond donors (Lipinski definition) is 0. The summed E-state index contributed by atoms with van der Waals surface area (Å²) >= 11 is 0. The first-order valence-corrected chi connectivity index (χ1v) is 5.13. The van der Waals surface area contributed by atoms with Crippen LogP contribution in [0.25, 0.3) is 0 Å². The summed E-state index contributed by atoms with van der Waals surface area (Å²) < 4.78 is 0. The van der Waals surface area contributed by atoms with E-state index in [2.05, 4.69) is 67.2 Å².